The summed E-state index contributed by atoms with van der Waals surface area (Å²) in [5.41, 5.74) is 3.36. The van der Waals surface area contributed by atoms with Crippen molar-refractivity contribution in [3.8, 4) is 6.07 Å². The highest BCUT2D eigenvalue weighted by Gasteiger charge is 2.32. The third kappa shape index (κ3) is 3.55. The number of fused-ring (bicyclic) bond motifs is 1. The summed E-state index contributed by atoms with van der Waals surface area (Å²) in [6.07, 6.45) is 1.77. The van der Waals surface area contributed by atoms with Crippen molar-refractivity contribution in [1.82, 2.24) is 5.32 Å². The molecule has 0 saturated heterocycles. The quantitative estimate of drug-likeness (QED) is 0.894. The molecule has 6 nitrogen and oxygen atoms in total. The molecule has 1 heterocycles. The van der Waals surface area contributed by atoms with Gasteiger partial charge < -0.3 is 5.32 Å². The highest BCUT2D eigenvalue weighted by atomic mass is 32.2. The molecule has 0 fully saturated rings. The Labute approximate surface area is 153 Å². The summed E-state index contributed by atoms with van der Waals surface area (Å²) in [4.78, 5) is 12.4. The van der Waals surface area contributed by atoms with Gasteiger partial charge in [-0.05, 0) is 54.8 Å². The zero-order valence-electron chi connectivity index (χ0n) is 14.6. The van der Waals surface area contributed by atoms with E-state index < -0.39 is 10.0 Å². The van der Waals surface area contributed by atoms with Gasteiger partial charge in [-0.1, -0.05) is 12.1 Å². The van der Waals surface area contributed by atoms with E-state index in [4.69, 9.17) is 5.26 Å². The van der Waals surface area contributed by atoms with Gasteiger partial charge in [-0.2, -0.15) is 5.26 Å². The molecule has 2 aromatic rings. The number of nitriles is 1. The molecule has 134 valence electrons. The lowest BCUT2D eigenvalue weighted by atomic mass is 10.1. The molecule has 0 aromatic heterocycles. The lowest BCUT2D eigenvalue weighted by molar-refractivity contribution is 0.0951. The van der Waals surface area contributed by atoms with Crippen molar-refractivity contribution in [1.29, 1.82) is 5.26 Å². The predicted molar refractivity (Wildman–Crippen MR) is 99.3 cm³/mol. The van der Waals surface area contributed by atoms with Crippen LogP contribution in [0.3, 0.4) is 0 Å². The normalized spacial score (nSPS) is 16.0. The molecule has 3 rings (SSSR count). The largest absolute Gasteiger partial charge is 0.348 e. The smallest absolute Gasteiger partial charge is 0.251 e. The van der Waals surface area contributed by atoms with Gasteiger partial charge >= 0.3 is 0 Å². The first-order valence-electron chi connectivity index (χ1n) is 8.19. The molecule has 1 amide bonds. The first-order valence-corrected chi connectivity index (χ1v) is 10.0. The Morgan fingerprint density at radius 1 is 1.31 bits per heavy atom. The van der Waals surface area contributed by atoms with Crippen LogP contribution in [0.2, 0.25) is 0 Å². The van der Waals surface area contributed by atoms with Crippen molar-refractivity contribution >= 4 is 21.6 Å². The standard InChI is InChI=1S/C19H19N3O3S/c1-13-8-17-10-16(6-7-18(17)22(13)26(2,24)25)19(23)21-12-15-5-3-4-14(9-15)11-20/h3-7,9-10,13H,8,12H2,1-2H3,(H,21,23). The number of hydrogen-bond acceptors (Lipinski definition) is 4. The van der Waals surface area contributed by atoms with E-state index in [-0.39, 0.29) is 11.9 Å². The number of nitrogens with one attached hydrogen (secondary N) is 1. The number of amides is 1. The Bertz CT molecular complexity index is 1010. The molecule has 0 bridgehead atoms. The van der Waals surface area contributed by atoms with Crippen LogP contribution in [0.1, 0.15) is 34.0 Å². The van der Waals surface area contributed by atoms with Gasteiger partial charge in [0.15, 0.2) is 0 Å². The van der Waals surface area contributed by atoms with E-state index in [1.54, 1.807) is 36.4 Å². The number of anilines is 1. The molecule has 1 N–H and O–H groups in total. The van der Waals surface area contributed by atoms with E-state index in [1.165, 1.54) is 10.6 Å². The van der Waals surface area contributed by atoms with Crippen molar-refractivity contribution < 1.29 is 13.2 Å². The number of hydrogen-bond donors (Lipinski definition) is 1. The second-order valence-corrected chi connectivity index (χ2v) is 8.31. The summed E-state index contributed by atoms with van der Waals surface area (Å²) in [6.45, 7) is 2.17. The van der Waals surface area contributed by atoms with E-state index >= 15 is 0 Å². The fourth-order valence-corrected chi connectivity index (χ4v) is 4.55. The highest BCUT2D eigenvalue weighted by molar-refractivity contribution is 7.92. The SMILES string of the molecule is CC1Cc2cc(C(=O)NCc3cccc(C#N)c3)ccc2N1S(C)(=O)=O. The molecule has 1 atom stereocenters. The van der Waals surface area contributed by atoms with Gasteiger partial charge in [0.25, 0.3) is 5.91 Å². The fourth-order valence-electron chi connectivity index (χ4n) is 3.28. The summed E-state index contributed by atoms with van der Waals surface area (Å²) in [7, 11) is -3.34. The molecular weight excluding hydrogens is 350 g/mol. The van der Waals surface area contributed by atoms with Gasteiger partial charge in [-0.15, -0.1) is 0 Å². The van der Waals surface area contributed by atoms with Crippen LogP contribution in [0.15, 0.2) is 42.5 Å². The Balaban J connectivity index is 1.76. The average Bonchev–Trinajstić information content (AvgIpc) is 2.94. The molecule has 0 saturated carbocycles. The molecule has 1 unspecified atom stereocenters. The molecule has 0 radical (unpaired) electrons. The molecule has 1 aliphatic heterocycles. The maximum atomic E-state index is 12.4. The van der Waals surface area contributed by atoms with Crippen molar-refractivity contribution in [3.05, 3.63) is 64.7 Å². The van der Waals surface area contributed by atoms with Crippen molar-refractivity contribution in [2.45, 2.75) is 25.9 Å². The number of rotatable bonds is 4. The lowest BCUT2D eigenvalue weighted by Gasteiger charge is -2.21. The second kappa shape index (κ2) is 6.81. The second-order valence-electron chi connectivity index (χ2n) is 6.45. The van der Waals surface area contributed by atoms with Crippen LogP contribution < -0.4 is 9.62 Å². The number of carbonyl (C=O) groups is 1. The maximum Gasteiger partial charge on any atom is 0.251 e. The summed E-state index contributed by atoms with van der Waals surface area (Å²) in [5, 5.41) is 11.8. The monoisotopic (exact) mass is 369 g/mol. The van der Waals surface area contributed by atoms with E-state index in [9.17, 15) is 13.2 Å². The third-order valence-corrected chi connectivity index (χ3v) is 5.63. The van der Waals surface area contributed by atoms with Crippen LogP contribution in [0.4, 0.5) is 5.69 Å². The summed E-state index contributed by atoms with van der Waals surface area (Å²) >= 11 is 0. The molecule has 0 aliphatic carbocycles. The Kier molecular flexibility index (Phi) is 4.70. The topological polar surface area (TPSA) is 90.3 Å². The highest BCUT2D eigenvalue weighted by Crippen LogP contribution is 2.34. The van der Waals surface area contributed by atoms with Crippen molar-refractivity contribution in [2.75, 3.05) is 10.6 Å². The summed E-state index contributed by atoms with van der Waals surface area (Å²) < 4.78 is 25.3. The van der Waals surface area contributed by atoms with Crippen LogP contribution >= 0.6 is 0 Å². The van der Waals surface area contributed by atoms with Gasteiger partial charge in [0, 0.05) is 18.2 Å². The molecular formula is C19H19N3O3S. The molecule has 0 spiro atoms. The summed E-state index contributed by atoms with van der Waals surface area (Å²) in [5.74, 6) is -0.236. The van der Waals surface area contributed by atoms with Crippen LogP contribution in [0, 0.1) is 11.3 Å². The molecule has 2 aromatic carbocycles. The van der Waals surface area contributed by atoms with Crippen LogP contribution in [0.5, 0.6) is 0 Å². The first kappa shape index (κ1) is 18.0. The van der Waals surface area contributed by atoms with E-state index in [1.807, 2.05) is 13.0 Å². The van der Waals surface area contributed by atoms with E-state index in [2.05, 4.69) is 11.4 Å². The van der Waals surface area contributed by atoms with E-state index in [0.29, 0.717) is 29.8 Å². The summed E-state index contributed by atoms with van der Waals surface area (Å²) in [6, 6.07) is 14.0. The first-order chi connectivity index (χ1) is 12.3. The zero-order chi connectivity index (χ0) is 18.9. The predicted octanol–water partition coefficient (Wildman–Crippen LogP) is 2.20. The van der Waals surface area contributed by atoms with Gasteiger partial charge in [0.05, 0.1) is 23.6 Å². The van der Waals surface area contributed by atoms with Crippen LogP contribution in [0.25, 0.3) is 0 Å². The zero-order valence-corrected chi connectivity index (χ0v) is 15.4. The van der Waals surface area contributed by atoms with Crippen molar-refractivity contribution in [3.63, 3.8) is 0 Å². The Morgan fingerprint density at radius 2 is 2.08 bits per heavy atom. The minimum absolute atomic E-state index is 0.160. The molecule has 7 heteroatoms. The van der Waals surface area contributed by atoms with E-state index in [0.717, 1.165) is 11.1 Å². The van der Waals surface area contributed by atoms with Gasteiger partial charge in [-0.3, -0.25) is 9.10 Å². The van der Waals surface area contributed by atoms with Gasteiger partial charge in [-0.25, -0.2) is 8.42 Å². The number of sulfonamides is 1. The maximum absolute atomic E-state index is 12.4. The van der Waals surface area contributed by atoms with Crippen LogP contribution in [-0.4, -0.2) is 26.6 Å². The minimum atomic E-state index is -3.34. The Morgan fingerprint density at radius 3 is 2.77 bits per heavy atom. The van der Waals surface area contributed by atoms with Gasteiger partial charge in [0.2, 0.25) is 10.0 Å². The fraction of sp³-hybridized carbons (Fsp3) is 0.263. The molecule has 1 aliphatic rings. The third-order valence-electron chi connectivity index (χ3n) is 4.36. The number of nitrogens with zero attached hydrogens (tertiary/aromatic N) is 2. The molecule has 26 heavy (non-hydrogen) atoms. The van der Waals surface area contributed by atoms with Crippen molar-refractivity contribution in [2.24, 2.45) is 0 Å². The Hall–Kier alpha value is -2.85. The number of carbonyl (C=O) groups excluding carboxylic acids is 1. The minimum Gasteiger partial charge on any atom is -0.348 e. The average molecular weight is 369 g/mol. The lowest BCUT2D eigenvalue weighted by Crippen LogP contribution is -2.34. The van der Waals surface area contributed by atoms with Crippen LogP contribution in [-0.2, 0) is 23.0 Å². The van der Waals surface area contributed by atoms with Gasteiger partial charge in [0.1, 0.15) is 0 Å². The number of benzene rings is 2.